The lowest BCUT2D eigenvalue weighted by atomic mass is 9.93. The molecule has 0 N–H and O–H groups in total. The molecule has 0 aromatic carbocycles. The molecule has 22 heavy (non-hydrogen) atoms. The average molecular weight is 307 g/mol. The summed E-state index contributed by atoms with van der Waals surface area (Å²) in [5.74, 6) is 0.676. The first-order valence-electron chi connectivity index (χ1n) is 8.59. The van der Waals surface area contributed by atoms with Crippen molar-refractivity contribution in [2.24, 2.45) is 5.92 Å². The number of carbonyl (C=O) groups excluding carboxylic acids is 2. The van der Waals surface area contributed by atoms with Crippen LogP contribution in [0.15, 0.2) is 12.2 Å². The van der Waals surface area contributed by atoms with E-state index in [0.29, 0.717) is 12.5 Å². The summed E-state index contributed by atoms with van der Waals surface area (Å²) in [4.78, 5) is 30.6. The molecule has 0 saturated carbocycles. The number of amides is 2. The summed E-state index contributed by atoms with van der Waals surface area (Å²) in [6.45, 7) is 9.16. The predicted octanol–water partition coefficient (Wildman–Crippen LogP) is 1.36. The largest absolute Gasteiger partial charge is 0.342 e. The fourth-order valence-electron chi connectivity index (χ4n) is 3.27. The molecule has 1 aliphatic heterocycles. The normalized spacial score (nSPS) is 22.6. The Morgan fingerprint density at radius 2 is 1.77 bits per heavy atom. The molecule has 2 rings (SSSR count). The lowest BCUT2D eigenvalue weighted by molar-refractivity contribution is -0.138. The summed E-state index contributed by atoms with van der Waals surface area (Å²) in [7, 11) is 0. The van der Waals surface area contributed by atoms with Gasteiger partial charge in [0.25, 0.3) is 0 Å². The van der Waals surface area contributed by atoms with E-state index in [4.69, 9.17) is 0 Å². The van der Waals surface area contributed by atoms with E-state index < -0.39 is 0 Å². The molecule has 1 heterocycles. The maximum absolute atomic E-state index is 12.5. The Bertz CT molecular complexity index is 410. The zero-order valence-electron chi connectivity index (χ0n) is 14.0. The van der Waals surface area contributed by atoms with Crippen LogP contribution >= 0.6 is 0 Å². The molecule has 124 valence electrons. The topological polar surface area (TPSA) is 43.9 Å². The summed E-state index contributed by atoms with van der Waals surface area (Å²) in [6, 6.07) is 0. The molecule has 0 bridgehead atoms. The second-order valence-corrected chi connectivity index (χ2v) is 6.15. The van der Waals surface area contributed by atoms with E-state index in [-0.39, 0.29) is 11.8 Å². The number of allylic oxidation sites excluding steroid dienone is 2. The summed E-state index contributed by atoms with van der Waals surface area (Å²) in [6.07, 6.45) is 7.19. The third-order valence-electron chi connectivity index (χ3n) is 4.78. The van der Waals surface area contributed by atoms with Crippen molar-refractivity contribution in [2.75, 3.05) is 45.8 Å². The van der Waals surface area contributed by atoms with Gasteiger partial charge >= 0.3 is 0 Å². The molecular weight excluding hydrogens is 278 g/mol. The predicted molar refractivity (Wildman–Crippen MR) is 87.4 cm³/mol. The van der Waals surface area contributed by atoms with Crippen LogP contribution in [0, 0.1) is 5.92 Å². The quantitative estimate of drug-likeness (QED) is 0.720. The van der Waals surface area contributed by atoms with E-state index in [1.165, 1.54) is 0 Å². The first-order valence-corrected chi connectivity index (χ1v) is 8.59. The molecule has 1 fully saturated rings. The highest BCUT2D eigenvalue weighted by Crippen LogP contribution is 2.21. The first-order chi connectivity index (χ1) is 10.7. The third kappa shape index (κ3) is 4.32. The van der Waals surface area contributed by atoms with Gasteiger partial charge < -0.3 is 9.80 Å². The number of hydrogen-bond donors (Lipinski definition) is 0. The van der Waals surface area contributed by atoms with Crippen molar-refractivity contribution in [3.05, 3.63) is 12.2 Å². The van der Waals surface area contributed by atoms with Gasteiger partial charge in [0.1, 0.15) is 0 Å². The summed E-state index contributed by atoms with van der Waals surface area (Å²) in [5.41, 5.74) is 0. The molecule has 1 saturated heterocycles. The van der Waals surface area contributed by atoms with E-state index >= 15 is 0 Å². The Labute approximate surface area is 133 Å². The van der Waals surface area contributed by atoms with Crippen LogP contribution < -0.4 is 0 Å². The van der Waals surface area contributed by atoms with Gasteiger partial charge in [0.2, 0.25) is 11.8 Å². The molecule has 1 aliphatic carbocycles. The van der Waals surface area contributed by atoms with Crippen molar-refractivity contribution in [2.45, 2.75) is 33.1 Å². The Morgan fingerprint density at radius 3 is 2.32 bits per heavy atom. The van der Waals surface area contributed by atoms with Crippen LogP contribution in [0.25, 0.3) is 0 Å². The SMILES string of the molecule is CCN(CC)C(=O)CN1CCN(C(=O)C2CC=CCC2)CC1. The lowest BCUT2D eigenvalue weighted by Crippen LogP contribution is -2.52. The second kappa shape index (κ2) is 8.32. The Hall–Kier alpha value is -1.36. The van der Waals surface area contributed by atoms with E-state index in [2.05, 4.69) is 17.1 Å². The summed E-state index contributed by atoms with van der Waals surface area (Å²) >= 11 is 0. The smallest absolute Gasteiger partial charge is 0.236 e. The van der Waals surface area contributed by atoms with Crippen molar-refractivity contribution < 1.29 is 9.59 Å². The minimum atomic E-state index is 0.175. The highest BCUT2D eigenvalue weighted by molar-refractivity contribution is 5.80. The van der Waals surface area contributed by atoms with Crippen molar-refractivity contribution in [3.8, 4) is 0 Å². The molecule has 0 aromatic rings. The molecule has 5 heteroatoms. The maximum atomic E-state index is 12.5. The van der Waals surface area contributed by atoms with Crippen molar-refractivity contribution >= 4 is 11.8 Å². The lowest BCUT2D eigenvalue weighted by Gasteiger charge is -2.37. The molecule has 0 radical (unpaired) electrons. The molecule has 5 nitrogen and oxygen atoms in total. The maximum Gasteiger partial charge on any atom is 0.236 e. The van der Waals surface area contributed by atoms with Gasteiger partial charge in [-0.1, -0.05) is 12.2 Å². The van der Waals surface area contributed by atoms with Gasteiger partial charge in [-0.3, -0.25) is 14.5 Å². The van der Waals surface area contributed by atoms with Gasteiger partial charge in [-0.15, -0.1) is 0 Å². The Kier molecular flexibility index (Phi) is 6.43. The number of hydrogen-bond acceptors (Lipinski definition) is 3. The van der Waals surface area contributed by atoms with Crippen LogP contribution in [0.2, 0.25) is 0 Å². The van der Waals surface area contributed by atoms with Gasteiger partial charge in [0, 0.05) is 45.2 Å². The summed E-state index contributed by atoms with van der Waals surface area (Å²) < 4.78 is 0. The molecule has 2 amide bonds. The van der Waals surface area contributed by atoms with Crippen LogP contribution in [0.5, 0.6) is 0 Å². The Morgan fingerprint density at radius 1 is 1.09 bits per heavy atom. The molecule has 0 spiro atoms. The van der Waals surface area contributed by atoms with Crippen LogP contribution in [0.3, 0.4) is 0 Å². The van der Waals surface area contributed by atoms with Crippen molar-refractivity contribution in [3.63, 3.8) is 0 Å². The highest BCUT2D eigenvalue weighted by atomic mass is 16.2. The second-order valence-electron chi connectivity index (χ2n) is 6.15. The molecule has 0 aromatic heterocycles. The van der Waals surface area contributed by atoms with E-state index in [1.807, 2.05) is 23.6 Å². The van der Waals surface area contributed by atoms with Crippen LogP contribution in [0.4, 0.5) is 0 Å². The zero-order valence-corrected chi connectivity index (χ0v) is 14.0. The number of carbonyl (C=O) groups is 2. The van der Waals surface area contributed by atoms with Crippen LogP contribution in [0.1, 0.15) is 33.1 Å². The van der Waals surface area contributed by atoms with Gasteiger partial charge in [0.15, 0.2) is 0 Å². The zero-order chi connectivity index (χ0) is 15.9. The minimum Gasteiger partial charge on any atom is -0.342 e. The number of likely N-dealkylation sites (N-methyl/N-ethyl adjacent to an activating group) is 1. The molecule has 1 atom stereocenters. The van der Waals surface area contributed by atoms with Crippen LogP contribution in [-0.2, 0) is 9.59 Å². The van der Waals surface area contributed by atoms with Gasteiger partial charge in [-0.25, -0.2) is 0 Å². The van der Waals surface area contributed by atoms with Crippen LogP contribution in [-0.4, -0.2) is 72.3 Å². The minimum absolute atomic E-state index is 0.175. The van der Waals surface area contributed by atoms with Crippen molar-refractivity contribution in [1.29, 1.82) is 0 Å². The van der Waals surface area contributed by atoms with E-state index in [9.17, 15) is 9.59 Å². The van der Waals surface area contributed by atoms with E-state index in [1.54, 1.807) is 0 Å². The molecule has 2 aliphatic rings. The standard InChI is InChI=1S/C17H29N3O2/c1-3-19(4-2)16(21)14-18-10-12-20(13-11-18)17(22)15-8-6-5-7-9-15/h5-6,15H,3-4,7-14H2,1-2H3. The number of rotatable bonds is 5. The average Bonchev–Trinajstić information content (AvgIpc) is 2.57. The van der Waals surface area contributed by atoms with E-state index in [0.717, 1.165) is 58.5 Å². The van der Waals surface area contributed by atoms with Crippen molar-refractivity contribution in [1.82, 2.24) is 14.7 Å². The van der Waals surface area contributed by atoms with Gasteiger partial charge in [0.05, 0.1) is 6.54 Å². The first kappa shape index (κ1) is 17.0. The fraction of sp³-hybridized carbons (Fsp3) is 0.765. The Balaban J connectivity index is 1.76. The summed E-state index contributed by atoms with van der Waals surface area (Å²) in [5, 5.41) is 0. The van der Waals surface area contributed by atoms with Gasteiger partial charge in [-0.2, -0.15) is 0 Å². The monoisotopic (exact) mass is 307 g/mol. The number of nitrogens with zero attached hydrogens (tertiary/aromatic N) is 3. The fourth-order valence-corrected chi connectivity index (χ4v) is 3.27. The highest BCUT2D eigenvalue weighted by Gasteiger charge is 2.28. The molecule has 1 unspecified atom stereocenters. The third-order valence-corrected chi connectivity index (χ3v) is 4.78. The van der Waals surface area contributed by atoms with Gasteiger partial charge in [-0.05, 0) is 33.1 Å². The number of piperazine rings is 1. The molecular formula is C17H29N3O2.